The van der Waals surface area contributed by atoms with E-state index in [9.17, 15) is 5.11 Å². The van der Waals surface area contributed by atoms with Crippen molar-refractivity contribution in [2.24, 2.45) is 23.7 Å². The molecular formula is C14H24O. The first-order chi connectivity index (χ1) is 7.34. The Morgan fingerprint density at radius 2 is 1.33 bits per heavy atom. The van der Waals surface area contributed by atoms with E-state index < -0.39 is 0 Å². The number of hydrogen-bond acceptors (Lipinski definition) is 1. The summed E-state index contributed by atoms with van der Waals surface area (Å²) >= 11 is 0. The Bertz CT molecular complexity index is 207. The smallest absolute Gasteiger partial charge is 0.0596 e. The molecule has 0 radical (unpaired) electrons. The molecule has 0 amide bonds. The van der Waals surface area contributed by atoms with Crippen LogP contribution < -0.4 is 0 Å². The van der Waals surface area contributed by atoms with Crippen molar-refractivity contribution in [2.75, 3.05) is 0 Å². The number of rotatable bonds is 2. The Labute approximate surface area is 93.3 Å². The average molecular weight is 208 g/mol. The van der Waals surface area contributed by atoms with Crippen molar-refractivity contribution in [3.8, 4) is 0 Å². The Kier molecular flexibility index (Phi) is 2.76. The lowest BCUT2D eigenvalue weighted by Crippen LogP contribution is -2.28. The third kappa shape index (κ3) is 2.08. The molecule has 3 unspecified atom stereocenters. The fourth-order valence-corrected chi connectivity index (χ4v) is 4.08. The molecule has 0 aliphatic heterocycles. The van der Waals surface area contributed by atoms with Crippen LogP contribution in [0.25, 0.3) is 0 Å². The van der Waals surface area contributed by atoms with E-state index in [4.69, 9.17) is 0 Å². The number of aliphatic hydroxyl groups is 1. The van der Waals surface area contributed by atoms with E-state index in [1.165, 1.54) is 57.8 Å². The molecule has 3 rings (SSSR count). The molecule has 1 nitrogen and oxygen atoms in total. The van der Waals surface area contributed by atoms with E-state index in [0.717, 1.165) is 11.8 Å². The van der Waals surface area contributed by atoms with Crippen LogP contribution in [0.15, 0.2) is 0 Å². The molecule has 0 heterocycles. The van der Waals surface area contributed by atoms with Crippen LogP contribution >= 0.6 is 0 Å². The fraction of sp³-hybridized carbons (Fsp3) is 1.00. The van der Waals surface area contributed by atoms with Crippen LogP contribution in [0.3, 0.4) is 0 Å². The second kappa shape index (κ2) is 4.08. The van der Waals surface area contributed by atoms with Gasteiger partial charge in [-0.25, -0.2) is 0 Å². The van der Waals surface area contributed by atoms with Crippen LogP contribution in [0.4, 0.5) is 0 Å². The van der Waals surface area contributed by atoms with Gasteiger partial charge < -0.3 is 5.11 Å². The van der Waals surface area contributed by atoms with Crippen LogP contribution in [0.2, 0.25) is 0 Å². The van der Waals surface area contributed by atoms with Crippen molar-refractivity contribution < 1.29 is 5.11 Å². The summed E-state index contributed by atoms with van der Waals surface area (Å²) < 4.78 is 0. The minimum atomic E-state index is 0.0518. The zero-order chi connectivity index (χ0) is 10.3. The van der Waals surface area contributed by atoms with Gasteiger partial charge in [-0.1, -0.05) is 25.7 Å². The van der Waals surface area contributed by atoms with Crippen molar-refractivity contribution >= 4 is 0 Å². The van der Waals surface area contributed by atoms with E-state index in [0.29, 0.717) is 11.8 Å². The summed E-state index contributed by atoms with van der Waals surface area (Å²) in [6.45, 7) is 0. The summed E-state index contributed by atoms with van der Waals surface area (Å²) in [4.78, 5) is 0. The third-order valence-electron chi connectivity index (χ3n) is 5.15. The molecule has 86 valence electrons. The van der Waals surface area contributed by atoms with E-state index in [1.807, 2.05) is 0 Å². The number of fused-ring (bicyclic) bond motifs is 1. The molecular weight excluding hydrogens is 184 g/mol. The summed E-state index contributed by atoms with van der Waals surface area (Å²) in [6, 6.07) is 0. The highest BCUT2D eigenvalue weighted by Crippen LogP contribution is 2.56. The van der Waals surface area contributed by atoms with E-state index >= 15 is 0 Å². The molecule has 0 aromatic carbocycles. The quantitative estimate of drug-likeness (QED) is 0.690. The fourth-order valence-electron chi connectivity index (χ4n) is 4.08. The van der Waals surface area contributed by atoms with Gasteiger partial charge in [0.05, 0.1) is 6.10 Å². The van der Waals surface area contributed by atoms with Crippen molar-refractivity contribution in [2.45, 2.75) is 63.9 Å². The van der Waals surface area contributed by atoms with Crippen LogP contribution in [0, 0.1) is 23.7 Å². The van der Waals surface area contributed by atoms with Crippen LogP contribution in [0.1, 0.15) is 57.8 Å². The summed E-state index contributed by atoms with van der Waals surface area (Å²) in [5, 5.41) is 10.4. The molecule has 3 saturated carbocycles. The molecule has 3 aliphatic rings. The highest BCUT2D eigenvalue weighted by Gasteiger charge is 2.48. The monoisotopic (exact) mass is 208 g/mol. The molecule has 1 N–H and O–H groups in total. The van der Waals surface area contributed by atoms with Gasteiger partial charge in [-0.15, -0.1) is 0 Å². The number of aliphatic hydroxyl groups excluding tert-OH is 1. The molecule has 1 heteroatoms. The summed E-state index contributed by atoms with van der Waals surface area (Å²) in [5.41, 5.74) is 0. The minimum Gasteiger partial charge on any atom is -0.393 e. The first kappa shape index (κ1) is 10.1. The minimum absolute atomic E-state index is 0.0518. The van der Waals surface area contributed by atoms with Crippen molar-refractivity contribution in [1.82, 2.24) is 0 Å². The topological polar surface area (TPSA) is 20.2 Å². The maximum Gasteiger partial charge on any atom is 0.0596 e. The van der Waals surface area contributed by atoms with Crippen LogP contribution in [0.5, 0.6) is 0 Å². The van der Waals surface area contributed by atoms with Crippen molar-refractivity contribution in [3.05, 3.63) is 0 Å². The lowest BCUT2D eigenvalue weighted by atomic mass is 9.83. The van der Waals surface area contributed by atoms with E-state index in [1.54, 1.807) is 0 Å². The second-order valence-electron chi connectivity index (χ2n) is 6.23. The van der Waals surface area contributed by atoms with Gasteiger partial charge in [-0.3, -0.25) is 0 Å². The average Bonchev–Trinajstić information content (AvgIpc) is 2.95. The maximum atomic E-state index is 10.4. The van der Waals surface area contributed by atoms with Gasteiger partial charge >= 0.3 is 0 Å². The van der Waals surface area contributed by atoms with Gasteiger partial charge in [-0.2, -0.15) is 0 Å². The van der Waals surface area contributed by atoms with Gasteiger partial charge in [0.15, 0.2) is 0 Å². The summed E-state index contributed by atoms with van der Waals surface area (Å²) in [7, 11) is 0. The zero-order valence-electron chi connectivity index (χ0n) is 9.70. The largest absolute Gasteiger partial charge is 0.393 e. The molecule has 3 atom stereocenters. The predicted molar refractivity (Wildman–Crippen MR) is 61.5 cm³/mol. The van der Waals surface area contributed by atoms with Crippen LogP contribution in [-0.4, -0.2) is 11.2 Å². The highest BCUT2D eigenvalue weighted by molar-refractivity contribution is 4.98. The zero-order valence-corrected chi connectivity index (χ0v) is 9.70. The molecule has 0 bridgehead atoms. The summed E-state index contributed by atoms with van der Waals surface area (Å²) in [5.74, 6) is 3.37. The molecule has 0 saturated heterocycles. The lowest BCUT2D eigenvalue weighted by Gasteiger charge is -2.27. The van der Waals surface area contributed by atoms with E-state index in [-0.39, 0.29) is 6.10 Å². The Morgan fingerprint density at radius 1 is 0.733 bits per heavy atom. The molecule has 3 fully saturated rings. The third-order valence-corrected chi connectivity index (χ3v) is 5.15. The Hall–Kier alpha value is -0.0400. The standard InChI is InChI=1S/C14H24O/c15-14(10-5-3-1-2-4-6-10)13-8-11-7-12(11)9-13/h10-15H,1-9H2. The number of hydrogen-bond donors (Lipinski definition) is 1. The van der Waals surface area contributed by atoms with Gasteiger partial charge in [0.2, 0.25) is 0 Å². The van der Waals surface area contributed by atoms with Crippen LogP contribution in [-0.2, 0) is 0 Å². The maximum absolute atomic E-state index is 10.4. The SMILES string of the molecule is OC(C1CCCCCC1)C1CC2CC2C1. The Morgan fingerprint density at radius 3 is 1.93 bits per heavy atom. The predicted octanol–water partition coefficient (Wildman–Crippen LogP) is 3.36. The molecule has 0 aromatic heterocycles. The van der Waals surface area contributed by atoms with Gasteiger partial charge in [0, 0.05) is 0 Å². The van der Waals surface area contributed by atoms with Gasteiger partial charge in [0.25, 0.3) is 0 Å². The highest BCUT2D eigenvalue weighted by atomic mass is 16.3. The Balaban J connectivity index is 1.55. The molecule has 3 aliphatic carbocycles. The first-order valence-electron chi connectivity index (χ1n) is 7.02. The van der Waals surface area contributed by atoms with E-state index in [2.05, 4.69) is 0 Å². The van der Waals surface area contributed by atoms with Gasteiger partial charge in [0.1, 0.15) is 0 Å². The van der Waals surface area contributed by atoms with Crippen molar-refractivity contribution in [3.63, 3.8) is 0 Å². The second-order valence-corrected chi connectivity index (χ2v) is 6.23. The molecule has 0 spiro atoms. The molecule has 0 aromatic rings. The molecule has 15 heavy (non-hydrogen) atoms. The lowest BCUT2D eigenvalue weighted by molar-refractivity contribution is 0.0406. The van der Waals surface area contributed by atoms with Crippen molar-refractivity contribution in [1.29, 1.82) is 0 Å². The first-order valence-corrected chi connectivity index (χ1v) is 7.02. The van der Waals surface area contributed by atoms with Gasteiger partial charge in [-0.05, 0) is 55.8 Å². The summed E-state index contributed by atoms with van der Waals surface area (Å²) in [6.07, 6.45) is 12.4. The normalized spacial score (nSPS) is 43.4.